The largest absolute Gasteiger partial charge is 0.366 e. The molecule has 7 heteroatoms. The van der Waals surface area contributed by atoms with Crippen LogP contribution in [-0.4, -0.2) is 46.7 Å². The number of fused-ring (bicyclic) bond motifs is 3. The van der Waals surface area contributed by atoms with Crippen LogP contribution >= 0.6 is 0 Å². The van der Waals surface area contributed by atoms with E-state index in [-0.39, 0.29) is 6.03 Å². The highest BCUT2D eigenvalue weighted by Gasteiger charge is 2.33. The number of nitrogens with zero attached hydrogens (tertiary/aromatic N) is 4. The van der Waals surface area contributed by atoms with Gasteiger partial charge in [-0.05, 0) is 36.6 Å². The molecule has 1 aromatic heterocycles. The number of urea groups is 1. The molecule has 5 rings (SSSR count). The molecule has 1 fully saturated rings. The molecular weight excluding hydrogens is 366 g/mol. The van der Waals surface area contributed by atoms with Crippen LogP contribution in [0.2, 0.25) is 0 Å². The standard InChI is InChI=1S/C22H23N5O2/c1-15-23-21(25-29-15)17-7-4-8-18(12-17)24-22(28)26-10-5-11-27-19(14-26)13-16-6-2-3-9-20(16)27/h2-4,6-9,12,19H,5,10-11,13-14H2,1H3,(H,24,28)/t19-/m0/s1. The Kier molecular flexibility index (Phi) is 4.42. The highest BCUT2D eigenvalue weighted by molar-refractivity contribution is 5.90. The summed E-state index contributed by atoms with van der Waals surface area (Å²) in [6, 6.07) is 16.4. The summed E-state index contributed by atoms with van der Waals surface area (Å²) in [5, 5.41) is 6.99. The minimum Gasteiger partial charge on any atom is -0.366 e. The molecule has 7 nitrogen and oxygen atoms in total. The number of rotatable bonds is 2. The number of para-hydroxylation sites is 1. The molecular formula is C22H23N5O2. The van der Waals surface area contributed by atoms with Crippen LogP contribution < -0.4 is 10.2 Å². The van der Waals surface area contributed by atoms with Crippen molar-refractivity contribution in [2.24, 2.45) is 0 Å². The molecule has 1 N–H and O–H groups in total. The number of nitrogens with one attached hydrogen (secondary N) is 1. The van der Waals surface area contributed by atoms with Gasteiger partial charge in [0, 0.05) is 43.5 Å². The second-order valence-corrected chi connectivity index (χ2v) is 7.63. The maximum absolute atomic E-state index is 13.0. The van der Waals surface area contributed by atoms with Gasteiger partial charge in [-0.2, -0.15) is 4.98 Å². The SMILES string of the molecule is Cc1nc(-c2cccc(NC(=O)N3CCCN4c5ccccc5C[C@H]4C3)c2)no1. The topological polar surface area (TPSA) is 74.5 Å². The van der Waals surface area contributed by atoms with Crippen LogP contribution in [0.4, 0.5) is 16.2 Å². The van der Waals surface area contributed by atoms with Crippen LogP contribution in [0.1, 0.15) is 17.9 Å². The van der Waals surface area contributed by atoms with Crippen LogP contribution in [0.25, 0.3) is 11.4 Å². The summed E-state index contributed by atoms with van der Waals surface area (Å²) >= 11 is 0. The first-order valence-corrected chi connectivity index (χ1v) is 9.98. The van der Waals surface area contributed by atoms with E-state index in [9.17, 15) is 4.79 Å². The molecule has 0 aliphatic carbocycles. The lowest BCUT2D eigenvalue weighted by Gasteiger charge is -2.27. The summed E-state index contributed by atoms with van der Waals surface area (Å²) in [5.41, 5.74) is 4.24. The molecule has 0 unspecified atom stereocenters. The molecule has 0 bridgehead atoms. The highest BCUT2D eigenvalue weighted by Crippen LogP contribution is 2.33. The first-order valence-electron chi connectivity index (χ1n) is 9.98. The van der Waals surface area contributed by atoms with E-state index in [1.54, 1.807) is 6.92 Å². The summed E-state index contributed by atoms with van der Waals surface area (Å²) in [6.07, 6.45) is 1.95. The zero-order valence-electron chi connectivity index (χ0n) is 16.3. The predicted molar refractivity (Wildman–Crippen MR) is 111 cm³/mol. The molecule has 2 amide bonds. The van der Waals surface area contributed by atoms with E-state index in [1.807, 2.05) is 29.2 Å². The lowest BCUT2D eigenvalue weighted by molar-refractivity contribution is 0.211. The van der Waals surface area contributed by atoms with Crippen molar-refractivity contribution in [1.82, 2.24) is 15.0 Å². The summed E-state index contributed by atoms with van der Waals surface area (Å²) in [5.74, 6) is 1.04. The highest BCUT2D eigenvalue weighted by atomic mass is 16.5. The van der Waals surface area contributed by atoms with Gasteiger partial charge in [0.1, 0.15) is 0 Å². The Hall–Kier alpha value is -3.35. The molecule has 1 atom stereocenters. The second-order valence-electron chi connectivity index (χ2n) is 7.63. The first kappa shape index (κ1) is 17.7. The van der Waals surface area contributed by atoms with Gasteiger partial charge in [-0.3, -0.25) is 0 Å². The summed E-state index contributed by atoms with van der Waals surface area (Å²) < 4.78 is 5.05. The molecule has 0 spiro atoms. The lowest BCUT2D eigenvalue weighted by atomic mass is 10.1. The number of aromatic nitrogens is 2. The molecule has 1 saturated heterocycles. The molecule has 0 saturated carbocycles. The molecule has 148 valence electrons. The van der Waals surface area contributed by atoms with Crippen LogP contribution in [-0.2, 0) is 6.42 Å². The number of carbonyl (C=O) groups excluding carboxylic acids is 1. The van der Waals surface area contributed by atoms with Gasteiger partial charge in [-0.15, -0.1) is 0 Å². The quantitative estimate of drug-likeness (QED) is 0.723. The van der Waals surface area contributed by atoms with Crippen molar-refractivity contribution in [2.75, 3.05) is 29.9 Å². The molecule has 0 radical (unpaired) electrons. The zero-order chi connectivity index (χ0) is 19.8. The van der Waals surface area contributed by atoms with Gasteiger partial charge in [0.2, 0.25) is 11.7 Å². The van der Waals surface area contributed by atoms with Crippen LogP contribution in [0.5, 0.6) is 0 Å². The Labute approximate surface area is 169 Å². The molecule has 2 aliphatic rings. The molecule has 3 heterocycles. The Bertz CT molecular complexity index is 1050. The van der Waals surface area contributed by atoms with Crippen molar-refractivity contribution >= 4 is 17.4 Å². The Morgan fingerprint density at radius 3 is 2.93 bits per heavy atom. The number of hydrogen-bond donors (Lipinski definition) is 1. The average Bonchev–Trinajstić information content (AvgIpc) is 3.24. The molecule has 3 aromatic rings. The third-order valence-corrected chi connectivity index (χ3v) is 5.64. The Balaban J connectivity index is 1.29. The van der Waals surface area contributed by atoms with E-state index in [1.165, 1.54) is 11.3 Å². The third kappa shape index (κ3) is 3.44. The first-order chi connectivity index (χ1) is 14.2. The van der Waals surface area contributed by atoms with Crippen molar-refractivity contribution in [1.29, 1.82) is 0 Å². The average molecular weight is 389 g/mol. The molecule has 2 aliphatic heterocycles. The number of benzene rings is 2. The summed E-state index contributed by atoms with van der Waals surface area (Å²) in [7, 11) is 0. The van der Waals surface area contributed by atoms with E-state index in [4.69, 9.17) is 4.52 Å². The number of amides is 2. The number of carbonyl (C=O) groups is 1. The number of anilines is 2. The van der Waals surface area contributed by atoms with E-state index in [2.05, 4.69) is 44.6 Å². The fraction of sp³-hybridized carbons (Fsp3) is 0.318. The van der Waals surface area contributed by atoms with Crippen LogP contribution in [0, 0.1) is 6.92 Å². The predicted octanol–water partition coefficient (Wildman–Crippen LogP) is 3.71. The summed E-state index contributed by atoms with van der Waals surface area (Å²) in [4.78, 5) is 21.6. The fourth-order valence-electron chi connectivity index (χ4n) is 4.31. The van der Waals surface area contributed by atoms with Crippen molar-refractivity contribution in [2.45, 2.75) is 25.8 Å². The van der Waals surface area contributed by atoms with E-state index in [0.29, 0.717) is 17.8 Å². The Morgan fingerprint density at radius 2 is 2.07 bits per heavy atom. The Morgan fingerprint density at radius 1 is 1.17 bits per heavy atom. The van der Waals surface area contributed by atoms with E-state index in [0.717, 1.165) is 43.7 Å². The minimum absolute atomic E-state index is 0.0655. The lowest BCUT2D eigenvalue weighted by Crippen LogP contribution is -2.43. The number of aryl methyl sites for hydroxylation is 1. The monoisotopic (exact) mass is 389 g/mol. The van der Waals surface area contributed by atoms with Gasteiger partial charge in [-0.25, -0.2) is 4.79 Å². The fourth-order valence-corrected chi connectivity index (χ4v) is 4.31. The summed E-state index contributed by atoms with van der Waals surface area (Å²) in [6.45, 7) is 4.22. The second kappa shape index (κ2) is 7.24. The van der Waals surface area contributed by atoms with E-state index < -0.39 is 0 Å². The maximum atomic E-state index is 13.0. The van der Waals surface area contributed by atoms with Crippen molar-refractivity contribution in [3.63, 3.8) is 0 Å². The molecule has 29 heavy (non-hydrogen) atoms. The van der Waals surface area contributed by atoms with Crippen LogP contribution in [0.15, 0.2) is 53.1 Å². The smallest absolute Gasteiger partial charge is 0.321 e. The maximum Gasteiger partial charge on any atom is 0.321 e. The zero-order valence-corrected chi connectivity index (χ0v) is 16.3. The molecule has 2 aromatic carbocycles. The van der Waals surface area contributed by atoms with Crippen LogP contribution in [0.3, 0.4) is 0 Å². The van der Waals surface area contributed by atoms with E-state index >= 15 is 0 Å². The van der Waals surface area contributed by atoms with Crippen molar-refractivity contribution in [3.05, 3.63) is 60.0 Å². The van der Waals surface area contributed by atoms with Gasteiger partial charge in [-0.1, -0.05) is 35.5 Å². The van der Waals surface area contributed by atoms with Gasteiger partial charge >= 0.3 is 6.03 Å². The van der Waals surface area contributed by atoms with Crippen molar-refractivity contribution in [3.8, 4) is 11.4 Å². The van der Waals surface area contributed by atoms with Gasteiger partial charge in [0.05, 0.1) is 6.04 Å². The normalized spacial score (nSPS) is 18.2. The minimum atomic E-state index is -0.0655. The van der Waals surface area contributed by atoms with Gasteiger partial charge < -0.3 is 19.6 Å². The van der Waals surface area contributed by atoms with Gasteiger partial charge in [0.25, 0.3) is 0 Å². The third-order valence-electron chi connectivity index (χ3n) is 5.64. The van der Waals surface area contributed by atoms with Gasteiger partial charge in [0.15, 0.2) is 0 Å². The van der Waals surface area contributed by atoms with Crippen molar-refractivity contribution < 1.29 is 9.32 Å². The number of hydrogen-bond acceptors (Lipinski definition) is 5.